The van der Waals surface area contributed by atoms with Crippen molar-refractivity contribution in [3.05, 3.63) is 0 Å². The summed E-state index contributed by atoms with van der Waals surface area (Å²) in [5.74, 6) is -0.199. The van der Waals surface area contributed by atoms with Gasteiger partial charge in [-0.2, -0.15) is 0 Å². The van der Waals surface area contributed by atoms with E-state index >= 15 is 0 Å². The average molecular weight is 172 g/mol. The molecule has 1 aliphatic heterocycles. The molecule has 0 aromatic heterocycles. The minimum absolute atomic E-state index is 0.199. The molecule has 0 aliphatic carbocycles. The maximum absolute atomic E-state index is 11.5. The van der Waals surface area contributed by atoms with E-state index in [1.165, 1.54) is 4.90 Å². The molecule has 12 heavy (non-hydrogen) atoms. The first kappa shape index (κ1) is 9.48. The second-order valence-electron chi connectivity index (χ2n) is 3.51. The molecular formula is C8H16N2O2. The summed E-state index contributed by atoms with van der Waals surface area (Å²) in [6.45, 7) is 1.27. The van der Waals surface area contributed by atoms with E-state index < -0.39 is 5.60 Å². The maximum Gasteiger partial charge on any atom is 0.255 e. The highest BCUT2D eigenvalue weighted by Crippen LogP contribution is 2.17. The van der Waals surface area contributed by atoms with Gasteiger partial charge >= 0.3 is 0 Å². The number of β-amino-alcohol motifs (C(OH)–C–C–N with tert-alkyl or cyclic N) is 1. The normalized spacial score (nSPS) is 29.9. The molecule has 1 heterocycles. The van der Waals surface area contributed by atoms with Crippen molar-refractivity contribution in [2.75, 3.05) is 27.2 Å². The summed E-state index contributed by atoms with van der Waals surface area (Å²) in [5, 5.41) is 12.9. The van der Waals surface area contributed by atoms with Crippen molar-refractivity contribution >= 4 is 5.91 Å². The summed E-state index contributed by atoms with van der Waals surface area (Å²) in [7, 11) is 3.32. The Labute approximate surface area is 72.6 Å². The van der Waals surface area contributed by atoms with Crippen LogP contribution in [0.1, 0.15) is 12.8 Å². The van der Waals surface area contributed by atoms with E-state index in [2.05, 4.69) is 5.32 Å². The number of likely N-dealkylation sites (N-methyl/N-ethyl adjacent to an activating group) is 1. The van der Waals surface area contributed by atoms with Gasteiger partial charge in [0.05, 0.1) is 0 Å². The summed E-state index contributed by atoms with van der Waals surface area (Å²) >= 11 is 0. The van der Waals surface area contributed by atoms with Crippen LogP contribution in [0.25, 0.3) is 0 Å². The van der Waals surface area contributed by atoms with Crippen molar-refractivity contribution < 1.29 is 9.90 Å². The van der Waals surface area contributed by atoms with Crippen LogP contribution in [0.5, 0.6) is 0 Å². The van der Waals surface area contributed by atoms with Crippen molar-refractivity contribution in [1.29, 1.82) is 0 Å². The van der Waals surface area contributed by atoms with Crippen LogP contribution in [0, 0.1) is 0 Å². The zero-order valence-electron chi connectivity index (χ0n) is 7.63. The zero-order valence-corrected chi connectivity index (χ0v) is 7.63. The number of carbonyl (C=O) groups excluding carboxylic acids is 1. The summed E-state index contributed by atoms with van der Waals surface area (Å²) in [5.41, 5.74) is -1.16. The van der Waals surface area contributed by atoms with Gasteiger partial charge in [0.2, 0.25) is 0 Å². The lowest BCUT2D eigenvalue weighted by Gasteiger charge is -2.33. The van der Waals surface area contributed by atoms with E-state index in [0.717, 1.165) is 13.0 Å². The summed E-state index contributed by atoms with van der Waals surface area (Å²) in [6, 6.07) is 0. The lowest BCUT2D eigenvalue weighted by Crippen LogP contribution is -2.55. The molecule has 70 valence electrons. The number of hydrogen-bond donors (Lipinski definition) is 2. The summed E-state index contributed by atoms with van der Waals surface area (Å²) in [4.78, 5) is 12.9. The average Bonchev–Trinajstić information content (AvgIpc) is 2.04. The van der Waals surface area contributed by atoms with Gasteiger partial charge < -0.3 is 15.3 Å². The Morgan fingerprint density at radius 2 is 2.25 bits per heavy atom. The molecule has 0 bridgehead atoms. The van der Waals surface area contributed by atoms with Crippen LogP contribution in [0.3, 0.4) is 0 Å². The molecular weight excluding hydrogens is 156 g/mol. The number of nitrogens with zero attached hydrogens (tertiary/aromatic N) is 1. The lowest BCUT2D eigenvalue weighted by atomic mass is 9.93. The van der Waals surface area contributed by atoms with Gasteiger partial charge in [-0.25, -0.2) is 0 Å². The van der Waals surface area contributed by atoms with Crippen molar-refractivity contribution in [3.63, 3.8) is 0 Å². The van der Waals surface area contributed by atoms with Crippen molar-refractivity contribution in [3.8, 4) is 0 Å². The highest BCUT2D eigenvalue weighted by molar-refractivity contribution is 5.84. The minimum Gasteiger partial charge on any atom is -0.379 e. The fourth-order valence-corrected chi connectivity index (χ4v) is 1.49. The predicted molar refractivity (Wildman–Crippen MR) is 45.7 cm³/mol. The number of rotatable bonds is 1. The minimum atomic E-state index is -1.16. The fourth-order valence-electron chi connectivity index (χ4n) is 1.49. The van der Waals surface area contributed by atoms with E-state index in [-0.39, 0.29) is 5.91 Å². The van der Waals surface area contributed by atoms with Crippen molar-refractivity contribution in [2.45, 2.75) is 18.4 Å². The number of amides is 1. The first-order valence-corrected chi connectivity index (χ1v) is 4.21. The Bertz CT molecular complexity index is 174. The highest BCUT2D eigenvalue weighted by atomic mass is 16.3. The molecule has 1 amide bonds. The molecule has 1 aliphatic rings. The third-order valence-electron chi connectivity index (χ3n) is 2.17. The molecule has 1 fully saturated rings. The van der Waals surface area contributed by atoms with Crippen molar-refractivity contribution in [2.24, 2.45) is 0 Å². The predicted octanol–water partition coefficient (Wildman–Crippen LogP) is -0.811. The molecule has 1 unspecified atom stereocenters. The van der Waals surface area contributed by atoms with Crippen LogP contribution in [0.15, 0.2) is 0 Å². The third-order valence-corrected chi connectivity index (χ3v) is 2.17. The molecule has 0 radical (unpaired) electrons. The number of aliphatic hydroxyl groups is 1. The van der Waals surface area contributed by atoms with Gasteiger partial charge in [-0.3, -0.25) is 4.79 Å². The summed E-state index contributed by atoms with van der Waals surface area (Å²) < 4.78 is 0. The van der Waals surface area contributed by atoms with Crippen LogP contribution in [-0.2, 0) is 4.79 Å². The van der Waals surface area contributed by atoms with Gasteiger partial charge in [0.15, 0.2) is 5.60 Å². The number of hydrogen-bond acceptors (Lipinski definition) is 3. The Balaban J connectivity index is 2.62. The zero-order chi connectivity index (χ0) is 9.19. The maximum atomic E-state index is 11.5. The Morgan fingerprint density at radius 1 is 1.58 bits per heavy atom. The standard InChI is InChI=1S/C8H16N2O2/c1-10(2)7(11)8(12)4-3-5-9-6-8/h9,12H,3-6H2,1-2H3. The van der Waals surface area contributed by atoms with Gasteiger partial charge in [-0.15, -0.1) is 0 Å². The molecule has 1 rings (SSSR count). The molecule has 4 nitrogen and oxygen atoms in total. The highest BCUT2D eigenvalue weighted by Gasteiger charge is 2.38. The molecule has 4 heteroatoms. The Morgan fingerprint density at radius 3 is 2.67 bits per heavy atom. The molecule has 0 saturated carbocycles. The molecule has 1 atom stereocenters. The van der Waals surface area contributed by atoms with E-state index in [1.54, 1.807) is 14.1 Å². The molecule has 2 N–H and O–H groups in total. The quantitative estimate of drug-likeness (QED) is 0.544. The molecule has 0 aromatic rings. The van der Waals surface area contributed by atoms with Crippen LogP contribution in [0.2, 0.25) is 0 Å². The number of carbonyl (C=O) groups is 1. The van der Waals surface area contributed by atoms with Crippen LogP contribution in [0.4, 0.5) is 0 Å². The van der Waals surface area contributed by atoms with E-state index in [1.807, 2.05) is 0 Å². The molecule has 1 saturated heterocycles. The molecule has 0 aromatic carbocycles. The second-order valence-corrected chi connectivity index (χ2v) is 3.51. The largest absolute Gasteiger partial charge is 0.379 e. The van der Waals surface area contributed by atoms with Crippen LogP contribution >= 0.6 is 0 Å². The summed E-state index contributed by atoms with van der Waals surface area (Å²) in [6.07, 6.45) is 1.42. The van der Waals surface area contributed by atoms with Gasteiger partial charge in [-0.1, -0.05) is 0 Å². The number of piperidine rings is 1. The first-order chi connectivity index (χ1) is 5.56. The van der Waals surface area contributed by atoms with Gasteiger partial charge in [0.25, 0.3) is 5.91 Å². The van der Waals surface area contributed by atoms with Gasteiger partial charge in [-0.05, 0) is 19.4 Å². The lowest BCUT2D eigenvalue weighted by molar-refractivity contribution is -0.150. The van der Waals surface area contributed by atoms with Gasteiger partial charge in [0, 0.05) is 20.6 Å². The Hall–Kier alpha value is -0.610. The monoisotopic (exact) mass is 172 g/mol. The fraction of sp³-hybridized carbons (Fsp3) is 0.875. The van der Waals surface area contributed by atoms with Crippen molar-refractivity contribution in [1.82, 2.24) is 10.2 Å². The number of nitrogens with one attached hydrogen (secondary N) is 1. The first-order valence-electron chi connectivity index (χ1n) is 4.21. The SMILES string of the molecule is CN(C)C(=O)C1(O)CCCNC1. The van der Waals surface area contributed by atoms with E-state index in [9.17, 15) is 9.90 Å². The Kier molecular flexibility index (Phi) is 2.69. The molecule has 0 spiro atoms. The van der Waals surface area contributed by atoms with E-state index in [0.29, 0.717) is 13.0 Å². The second kappa shape index (κ2) is 3.41. The van der Waals surface area contributed by atoms with Crippen LogP contribution < -0.4 is 5.32 Å². The third kappa shape index (κ3) is 1.76. The van der Waals surface area contributed by atoms with Crippen LogP contribution in [-0.4, -0.2) is 48.7 Å². The van der Waals surface area contributed by atoms with Gasteiger partial charge in [0.1, 0.15) is 0 Å². The van der Waals surface area contributed by atoms with E-state index in [4.69, 9.17) is 0 Å². The topological polar surface area (TPSA) is 52.6 Å². The smallest absolute Gasteiger partial charge is 0.255 e.